The van der Waals surface area contributed by atoms with Crippen LogP contribution in [-0.2, 0) is 5.41 Å². The maximum atomic E-state index is 5.65. The first-order valence-electron chi connectivity index (χ1n) is 5.30. The van der Waals surface area contributed by atoms with Crippen LogP contribution in [0.25, 0.3) is 0 Å². The highest BCUT2D eigenvalue weighted by atomic mass is 32.2. The molecular formula is C13H20OS. The molecule has 0 saturated heterocycles. The maximum Gasteiger partial charge on any atom is 0.123 e. The zero-order valence-electron chi connectivity index (χ0n) is 10.3. The van der Waals surface area contributed by atoms with Crippen molar-refractivity contribution in [2.45, 2.75) is 38.0 Å². The van der Waals surface area contributed by atoms with Crippen LogP contribution in [0.2, 0.25) is 0 Å². The molecule has 84 valence electrons. The molecule has 0 aliphatic heterocycles. The van der Waals surface area contributed by atoms with Gasteiger partial charge in [-0.1, -0.05) is 20.8 Å². The monoisotopic (exact) mass is 224 g/mol. The summed E-state index contributed by atoms with van der Waals surface area (Å²) in [5, 5.41) is 0. The summed E-state index contributed by atoms with van der Waals surface area (Å²) in [6, 6.07) is 6.43. The van der Waals surface area contributed by atoms with Crippen LogP contribution < -0.4 is 4.74 Å². The maximum absolute atomic E-state index is 5.65. The van der Waals surface area contributed by atoms with Crippen molar-refractivity contribution in [1.82, 2.24) is 0 Å². The van der Waals surface area contributed by atoms with E-state index in [2.05, 4.69) is 45.2 Å². The van der Waals surface area contributed by atoms with E-state index in [0.717, 1.165) is 12.4 Å². The molecule has 0 unspecified atom stereocenters. The van der Waals surface area contributed by atoms with Crippen LogP contribution >= 0.6 is 11.8 Å². The van der Waals surface area contributed by atoms with Crippen LogP contribution in [0, 0.1) is 0 Å². The molecule has 0 saturated carbocycles. The van der Waals surface area contributed by atoms with Gasteiger partial charge in [-0.05, 0) is 36.8 Å². The number of rotatable bonds is 3. The first-order chi connectivity index (χ1) is 6.99. The standard InChI is InChI=1S/C13H20OS/c1-6-14-12-8-7-10(15-5)9-11(12)13(2,3)4/h7-9H,6H2,1-5H3. The normalized spacial score (nSPS) is 11.5. The van der Waals surface area contributed by atoms with Gasteiger partial charge in [0, 0.05) is 10.5 Å². The number of ether oxygens (including phenoxy) is 1. The average Bonchev–Trinajstić information content (AvgIpc) is 2.17. The van der Waals surface area contributed by atoms with E-state index in [0.29, 0.717) is 0 Å². The first-order valence-corrected chi connectivity index (χ1v) is 6.53. The van der Waals surface area contributed by atoms with E-state index in [-0.39, 0.29) is 5.41 Å². The highest BCUT2D eigenvalue weighted by molar-refractivity contribution is 7.98. The second-order valence-electron chi connectivity index (χ2n) is 4.55. The van der Waals surface area contributed by atoms with Crippen LogP contribution in [-0.4, -0.2) is 12.9 Å². The van der Waals surface area contributed by atoms with Crippen LogP contribution in [0.3, 0.4) is 0 Å². The topological polar surface area (TPSA) is 9.23 Å². The molecule has 2 heteroatoms. The lowest BCUT2D eigenvalue weighted by atomic mass is 9.86. The molecule has 0 heterocycles. The Kier molecular flexibility index (Phi) is 4.09. The van der Waals surface area contributed by atoms with E-state index in [1.807, 2.05) is 6.92 Å². The Morgan fingerprint density at radius 1 is 1.27 bits per heavy atom. The quantitative estimate of drug-likeness (QED) is 0.715. The zero-order chi connectivity index (χ0) is 11.5. The summed E-state index contributed by atoms with van der Waals surface area (Å²) in [5.74, 6) is 1.02. The molecule has 15 heavy (non-hydrogen) atoms. The van der Waals surface area contributed by atoms with Gasteiger partial charge in [0.25, 0.3) is 0 Å². The Morgan fingerprint density at radius 2 is 1.93 bits per heavy atom. The van der Waals surface area contributed by atoms with Gasteiger partial charge in [0.1, 0.15) is 5.75 Å². The number of hydrogen-bond acceptors (Lipinski definition) is 2. The third kappa shape index (κ3) is 3.16. The molecule has 0 atom stereocenters. The Morgan fingerprint density at radius 3 is 2.40 bits per heavy atom. The summed E-state index contributed by atoms with van der Waals surface area (Å²) in [7, 11) is 0. The van der Waals surface area contributed by atoms with Crippen molar-refractivity contribution in [2.24, 2.45) is 0 Å². The van der Waals surface area contributed by atoms with E-state index in [4.69, 9.17) is 4.74 Å². The van der Waals surface area contributed by atoms with E-state index in [1.165, 1.54) is 10.5 Å². The van der Waals surface area contributed by atoms with Crippen LogP contribution in [0.4, 0.5) is 0 Å². The van der Waals surface area contributed by atoms with Crippen LogP contribution in [0.5, 0.6) is 5.75 Å². The summed E-state index contributed by atoms with van der Waals surface area (Å²) in [4.78, 5) is 1.29. The van der Waals surface area contributed by atoms with Gasteiger partial charge < -0.3 is 4.74 Å². The third-order valence-corrected chi connectivity index (χ3v) is 3.02. The van der Waals surface area contributed by atoms with Crippen LogP contribution in [0.1, 0.15) is 33.3 Å². The highest BCUT2D eigenvalue weighted by Crippen LogP contribution is 2.34. The Balaban J connectivity index is 3.16. The molecule has 1 nitrogen and oxygen atoms in total. The molecule has 1 aromatic carbocycles. The van der Waals surface area contributed by atoms with Gasteiger partial charge in [0.15, 0.2) is 0 Å². The van der Waals surface area contributed by atoms with Gasteiger partial charge in [-0.25, -0.2) is 0 Å². The predicted octanol–water partition coefficient (Wildman–Crippen LogP) is 4.10. The number of hydrogen-bond donors (Lipinski definition) is 0. The largest absolute Gasteiger partial charge is 0.494 e. The summed E-state index contributed by atoms with van der Waals surface area (Å²) >= 11 is 1.77. The van der Waals surface area contributed by atoms with Gasteiger partial charge in [-0.3, -0.25) is 0 Å². The Labute approximate surface area is 97.2 Å². The van der Waals surface area contributed by atoms with Gasteiger partial charge >= 0.3 is 0 Å². The molecule has 0 aromatic heterocycles. The summed E-state index contributed by atoms with van der Waals surface area (Å²) in [6.07, 6.45) is 2.10. The minimum atomic E-state index is 0.135. The van der Waals surface area contributed by atoms with E-state index in [9.17, 15) is 0 Å². The Bertz CT molecular complexity index is 326. The second-order valence-corrected chi connectivity index (χ2v) is 5.42. The fraction of sp³-hybridized carbons (Fsp3) is 0.538. The van der Waals surface area contributed by atoms with Gasteiger partial charge in [0.05, 0.1) is 6.61 Å². The molecule has 0 fully saturated rings. The lowest BCUT2D eigenvalue weighted by molar-refractivity contribution is 0.329. The summed E-state index contributed by atoms with van der Waals surface area (Å²) in [6.45, 7) is 9.40. The summed E-state index contributed by atoms with van der Waals surface area (Å²) < 4.78 is 5.65. The molecule has 0 aliphatic carbocycles. The second kappa shape index (κ2) is 4.93. The van der Waals surface area contributed by atoms with Crippen molar-refractivity contribution in [2.75, 3.05) is 12.9 Å². The van der Waals surface area contributed by atoms with E-state index >= 15 is 0 Å². The molecular weight excluding hydrogens is 204 g/mol. The molecule has 0 bridgehead atoms. The molecule has 0 aliphatic rings. The van der Waals surface area contributed by atoms with Crippen molar-refractivity contribution >= 4 is 11.8 Å². The van der Waals surface area contributed by atoms with Crippen molar-refractivity contribution in [1.29, 1.82) is 0 Å². The molecule has 1 aromatic rings. The van der Waals surface area contributed by atoms with E-state index < -0.39 is 0 Å². The molecule has 0 amide bonds. The average molecular weight is 224 g/mol. The van der Waals surface area contributed by atoms with Crippen molar-refractivity contribution < 1.29 is 4.74 Å². The van der Waals surface area contributed by atoms with Gasteiger partial charge in [0.2, 0.25) is 0 Å². The van der Waals surface area contributed by atoms with Crippen molar-refractivity contribution in [3.8, 4) is 5.75 Å². The lowest BCUT2D eigenvalue weighted by Crippen LogP contribution is -2.13. The van der Waals surface area contributed by atoms with Gasteiger partial charge in [-0.2, -0.15) is 0 Å². The highest BCUT2D eigenvalue weighted by Gasteiger charge is 2.19. The molecule has 0 spiro atoms. The fourth-order valence-corrected chi connectivity index (χ4v) is 1.94. The van der Waals surface area contributed by atoms with E-state index in [1.54, 1.807) is 11.8 Å². The van der Waals surface area contributed by atoms with Crippen molar-refractivity contribution in [3.05, 3.63) is 23.8 Å². The SMILES string of the molecule is CCOc1ccc(SC)cc1C(C)(C)C. The van der Waals surface area contributed by atoms with Crippen molar-refractivity contribution in [3.63, 3.8) is 0 Å². The smallest absolute Gasteiger partial charge is 0.123 e. The zero-order valence-corrected chi connectivity index (χ0v) is 11.1. The first kappa shape index (κ1) is 12.4. The number of benzene rings is 1. The minimum absolute atomic E-state index is 0.135. The minimum Gasteiger partial charge on any atom is -0.494 e. The molecule has 1 rings (SSSR count). The predicted molar refractivity (Wildman–Crippen MR) is 68.1 cm³/mol. The fourth-order valence-electron chi connectivity index (χ4n) is 1.50. The Hall–Kier alpha value is -0.630. The molecule has 0 N–H and O–H groups in total. The van der Waals surface area contributed by atoms with Crippen LogP contribution in [0.15, 0.2) is 23.1 Å². The lowest BCUT2D eigenvalue weighted by Gasteiger charge is -2.23. The summed E-state index contributed by atoms with van der Waals surface area (Å²) in [5.41, 5.74) is 1.42. The third-order valence-electron chi connectivity index (χ3n) is 2.29. The van der Waals surface area contributed by atoms with Gasteiger partial charge in [-0.15, -0.1) is 11.8 Å². The number of thioether (sulfide) groups is 1. The molecule has 0 radical (unpaired) electrons.